The highest BCUT2D eigenvalue weighted by Gasteiger charge is 2.26. The average Bonchev–Trinajstić information content (AvgIpc) is 3.33. The van der Waals surface area contributed by atoms with Crippen LogP contribution in [0.15, 0.2) is 54.7 Å². The molecule has 1 atom stereocenters. The van der Waals surface area contributed by atoms with Crippen molar-refractivity contribution in [3.63, 3.8) is 0 Å². The Morgan fingerprint density at radius 2 is 1.86 bits per heavy atom. The Morgan fingerprint density at radius 3 is 2.57 bits per heavy atom. The number of hydrogen-bond acceptors (Lipinski definition) is 5. The summed E-state index contributed by atoms with van der Waals surface area (Å²) >= 11 is 0. The number of nitrogens with one attached hydrogen (secondary N) is 1. The van der Waals surface area contributed by atoms with E-state index in [-0.39, 0.29) is 12.0 Å². The summed E-state index contributed by atoms with van der Waals surface area (Å²) in [6.45, 7) is 4.06. The van der Waals surface area contributed by atoms with Crippen LogP contribution in [0.1, 0.15) is 46.4 Å². The molecule has 0 radical (unpaired) electrons. The fourth-order valence-electron chi connectivity index (χ4n) is 5.48. The Labute approximate surface area is 206 Å². The summed E-state index contributed by atoms with van der Waals surface area (Å²) in [5, 5.41) is 4.22. The van der Waals surface area contributed by atoms with E-state index in [1.54, 1.807) is 10.6 Å². The summed E-state index contributed by atoms with van der Waals surface area (Å²) in [4.78, 5) is 27.7. The first kappa shape index (κ1) is 23.6. The van der Waals surface area contributed by atoms with E-state index in [9.17, 15) is 9.59 Å². The lowest BCUT2D eigenvalue weighted by Gasteiger charge is -2.35. The van der Waals surface area contributed by atoms with Crippen molar-refractivity contribution in [2.45, 2.75) is 38.2 Å². The molecule has 7 heteroatoms. The van der Waals surface area contributed by atoms with Crippen molar-refractivity contribution in [1.29, 1.82) is 0 Å². The standard InChI is InChI=1S/C28H34N4O3/c29-28(34)24-7-8-25-23(12-16-32(25)26(33)9-6-22-19-30-13-17-35-22)27(24)31-14-10-21(11-15-31)18-20-4-2-1-3-5-20/h1-5,7-8,12,16,21-22,30H,6,9-11,13-15,17-19H2,(H2,29,34). The Bertz CT molecular complexity index is 1180. The number of benzene rings is 2. The number of amides is 1. The number of carbonyl (C=O) groups excluding carboxylic acids is 2. The summed E-state index contributed by atoms with van der Waals surface area (Å²) in [5.41, 5.74) is 9.35. The van der Waals surface area contributed by atoms with Crippen LogP contribution in [0.2, 0.25) is 0 Å². The van der Waals surface area contributed by atoms with E-state index in [2.05, 4.69) is 40.5 Å². The number of piperidine rings is 1. The predicted octanol–water partition coefficient (Wildman–Crippen LogP) is 3.61. The van der Waals surface area contributed by atoms with Gasteiger partial charge in [-0.3, -0.25) is 14.2 Å². The van der Waals surface area contributed by atoms with E-state index in [1.165, 1.54) is 5.56 Å². The van der Waals surface area contributed by atoms with Gasteiger partial charge in [0.1, 0.15) is 0 Å². The number of aromatic nitrogens is 1. The molecule has 5 rings (SSSR count). The van der Waals surface area contributed by atoms with Gasteiger partial charge in [-0.05, 0) is 55.4 Å². The van der Waals surface area contributed by atoms with Crippen molar-refractivity contribution in [1.82, 2.24) is 9.88 Å². The van der Waals surface area contributed by atoms with Gasteiger partial charge in [0, 0.05) is 44.2 Å². The molecular weight excluding hydrogens is 440 g/mol. The second-order valence-corrected chi connectivity index (χ2v) is 9.69. The van der Waals surface area contributed by atoms with Gasteiger partial charge < -0.3 is 20.7 Å². The van der Waals surface area contributed by atoms with E-state index in [0.29, 0.717) is 30.9 Å². The Morgan fingerprint density at radius 1 is 1.06 bits per heavy atom. The lowest BCUT2D eigenvalue weighted by Crippen LogP contribution is -2.38. The molecule has 35 heavy (non-hydrogen) atoms. The van der Waals surface area contributed by atoms with Gasteiger partial charge in [-0.1, -0.05) is 30.3 Å². The van der Waals surface area contributed by atoms with Crippen LogP contribution in [0.3, 0.4) is 0 Å². The van der Waals surface area contributed by atoms with Crippen molar-refractivity contribution >= 4 is 28.4 Å². The minimum Gasteiger partial charge on any atom is -0.376 e. The third-order valence-corrected chi connectivity index (χ3v) is 7.36. The quantitative estimate of drug-likeness (QED) is 0.546. The maximum absolute atomic E-state index is 13.1. The zero-order valence-electron chi connectivity index (χ0n) is 20.1. The number of hydrogen-bond donors (Lipinski definition) is 2. The topological polar surface area (TPSA) is 89.6 Å². The van der Waals surface area contributed by atoms with Crippen LogP contribution in [0.5, 0.6) is 0 Å². The summed E-state index contributed by atoms with van der Waals surface area (Å²) in [5.74, 6) is 0.218. The molecule has 1 aromatic heterocycles. The molecule has 184 valence electrons. The lowest BCUT2D eigenvalue weighted by molar-refractivity contribution is 0.0218. The molecule has 0 bridgehead atoms. The first-order valence-electron chi connectivity index (χ1n) is 12.7. The second-order valence-electron chi connectivity index (χ2n) is 9.69. The van der Waals surface area contributed by atoms with Crippen molar-refractivity contribution < 1.29 is 14.3 Å². The number of anilines is 1. The minimum absolute atomic E-state index is 0.0357. The van der Waals surface area contributed by atoms with E-state index in [4.69, 9.17) is 10.5 Å². The summed E-state index contributed by atoms with van der Waals surface area (Å²) in [6.07, 6.45) is 6.18. The van der Waals surface area contributed by atoms with E-state index < -0.39 is 5.91 Å². The fraction of sp³-hybridized carbons (Fsp3) is 0.429. The molecule has 2 saturated heterocycles. The highest BCUT2D eigenvalue weighted by atomic mass is 16.5. The van der Waals surface area contributed by atoms with Crippen molar-refractivity contribution in [3.8, 4) is 0 Å². The number of nitrogens with two attached hydrogens (primary N) is 1. The van der Waals surface area contributed by atoms with Gasteiger partial charge >= 0.3 is 0 Å². The van der Waals surface area contributed by atoms with Crippen LogP contribution >= 0.6 is 0 Å². The molecule has 0 saturated carbocycles. The van der Waals surface area contributed by atoms with Crippen LogP contribution in [0, 0.1) is 5.92 Å². The van der Waals surface area contributed by atoms with Gasteiger partial charge in [-0.25, -0.2) is 0 Å². The molecular formula is C28H34N4O3. The number of ether oxygens (including phenoxy) is 1. The fourth-order valence-corrected chi connectivity index (χ4v) is 5.48. The highest BCUT2D eigenvalue weighted by Crippen LogP contribution is 2.35. The molecule has 0 spiro atoms. The average molecular weight is 475 g/mol. The Balaban J connectivity index is 1.33. The third-order valence-electron chi connectivity index (χ3n) is 7.36. The molecule has 1 amide bonds. The Kier molecular flexibility index (Phi) is 7.16. The summed E-state index contributed by atoms with van der Waals surface area (Å²) in [6, 6.07) is 16.2. The molecule has 2 fully saturated rings. The van der Waals surface area contributed by atoms with E-state index in [1.807, 2.05) is 18.3 Å². The second kappa shape index (κ2) is 10.6. The van der Waals surface area contributed by atoms with Crippen molar-refractivity contribution in [3.05, 3.63) is 65.9 Å². The van der Waals surface area contributed by atoms with Crippen LogP contribution in [-0.4, -0.2) is 55.3 Å². The minimum atomic E-state index is -0.436. The maximum Gasteiger partial charge on any atom is 0.250 e. The predicted molar refractivity (Wildman–Crippen MR) is 138 cm³/mol. The first-order valence-corrected chi connectivity index (χ1v) is 12.7. The largest absolute Gasteiger partial charge is 0.376 e. The number of morpholine rings is 1. The maximum atomic E-state index is 13.1. The highest BCUT2D eigenvalue weighted by molar-refractivity contribution is 6.09. The first-order chi connectivity index (χ1) is 17.1. The third kappa shape index (κ3) is 5.26. The molecule has 2 aromatic carbocycles. The number of rotatable bonds is 7. The van der Waals surface area contributed by atoms with Crippen LogP contribution in [0.4, 0.5) is 5.69 Å². The normalized spacial score (nSPS) is 19.2. The van der Waals surface area contributed by atoms with Crippen molar-refractivity contribution in [2.75, 3.05) is 37.7 Å². The number of fused-ring (bicyclic) bond motifs is 1. The summed E-state index contributed by atoms with van der Waals surface area (Å²) in [7, 11) is 0. The molecule has 0 aliphatic carbocycles. The number of carbonyl (C=O) groups is 2. The Hall–Kier alpha value is -3.16. The molecule has 1 unspecified atom stereocenters. The van der Waals surface area contributed by atoms with Crippen molar-refractivity contribution in [2.24, 2.45) is 11.7 Å². The zero-order chi connectivity index (χ0) is 24.2. The van der Waals surface area contributed by atoms with Crippen LogP contribution in [-0.2, 0) is 11.2 Å². The van der Waals surface area contributed by atoms with Gasteiger partial charge in [-0.2, -0.15) is 0 Å². The molecule has 3 N–H and O–H groups in total. The number of primary amides is 1. The van der Waals surface area contributed by atoms with Gasteiger partial charge in [0.2, 0.25) is 5.91 Å². The van der Waals surface area contributed by atoms with Gasteiger partial charge in [0.15, 0.2) is 0 Å². The lowest BCUT2D eigenvalue weighted by atomic mass is 9.89. The SMILES string of the molecule is NC(=O)c1ccc2c(ccn2C(=O)CCC2CNCCO2)c1N1CCC(Cc2ccccc2)CC1. The molecule has 2 aliphatic heterocycles. The van der Waals surface area contributed by atoms with E-state index in [0.717, 1.165) is 62.0 Å². The van der Waals surface area contributed by atoms with E-state index >= 15 is 0 Å². The zero-order valence-corrected chi connectivity index (χ0v) is 20.1. The molecule has 2 aliphatic rings. The molecule has 7 nitrogen and oxygen atoms in total. The van der Waals surface area contributed by atoms with Crippen LogP contribution < -0.4 is 16.0 Å². The van der Waals surface area contributed by atoms with Crippen LogP contribution in [0.25, 0.3) is 10.9 Å². The van der Waals surface area contributed by atoms with Gasteiger partial charge in [-0.15, -0.1) is 0 Å². The summed E-state index contributed by atoms with van der Waals surface area (Å²) < 4.78 is 7.45. The van der Waals surface area contributed by atoms with Gasteiger partial charge in [0.25, 0.3) is 5.91 Å². The smallest absolute Gasteiger partial charge is 0.250 e. The molecule has 3 heterocycles. The molecule has 3 aromatic rings. The monoisotopic (exact) mass is 474 g/mol. The van der Waals surface area contributed by atoms with Gasteiger partial charge in [0.05, 0.1) is 29.5 Å². The number of nitrogens with zero attached hydrogens (tertiary/aromatic N) is 2.